The molecule has 0 bridgehead atoms. The fourth-order valence-corrected chi connectivity index (χ4v) is 5.84. The van der Waals surface area contributed by atoms with Crippen LogP contribution in [-0.2, 0) is 27.4 Å². The first kappa shape index (κ1) is 26.5. The van der Waals surface area contributed by atoms with Gasteiger partial charge in [0.1, 0.15) is 11.5 Å². The van der Waals surface area contributed by atoms with Gasteiger partial charge in [0.15, 0.2) is 0 Å². The number of carbonyl (C=O) groups excluding carboxylic acids is 1. The van der Waals surface area contributed by atoms with Crippen LogP contribution >= 0.6 is 0 Å². The van der Waals surface area contributed by atoms with Crippen molar-refractivity contribution in [2.75, 3.05) is 33.4 Å². The number of nitrogens with one attached hydrogen (secondary N) is 1. The van der Waals surface area contributed by atoms with E-state index in [1.165, 1.54) is 21.9 Å². The summed E-state index contributed by atoms with van der Waals surface area (Å²) in [5.41, 5.74) is 4.34. The number of rotatable bonds is 9. The largest absolute Gasteiger partial charge is 0.457 e. The van der Waals surface area contributed by atoms with Crippen LogP contribution in [0.15, 0.2) is 84.9 Å². The Hall–Kier alpha value is -3.71. The van der Waals surface area contributed by atoms with E-state index < -0.39 is 0 Å². The van der Waals surface area contributed by atoms with Crippen molar-refractivity contribution in [2.24, 2.45) is 0 Å². The van der Waals surface area contributed by atoms with Crippen molar-refractivity contribution in [3.8, 4) is 11.5 Å². The third-order valence-electron chi connectivity index (χ3n) is 7.95. The van der Waals surface area contributed by atoms with Gasteiger partial charge in [-0.3, -0.25) is 9.69 Å². The summed E-state index contributed by atoms with van der Waals surface area (Å²) in [6.45, 7) is 4.62. The Kier molecular flexibility index (Phi) is 8.09. The summed E-state index contributed by atoms with van der Waals surface area (Å²) in [6, 6.07) is 29.1. The number of nitrogens with zero attached hydrogens (tertiary/aromatic N) is 1. The number of benzene rings is 4. The second-order valence-electron chi connectivity index (χ2n) is 10.7. The molecular formula is C34H36N2O4. The third kappa shape index (κ3) is 5.89. The molecule has 4 aromatic carbocycles. The molecule has 1 fully saturated rings. The summed E-state index contributed by atoms with van der Waals surface area (Å²) in [5.74, 6) is 1.22. The molecule has 0 saturated carbocycles. The Balaban J connectivity index is 1.06. The Morgan fingerprint density at radius 2 is 1.50 bits per heavy atom. The van der Waals surface area contributed by atoms with Crippen molar-refractivity contribution in [3.63, 3.8) is 0 Å². The zero-order chi connectivity index (χ0) is 27.3. The molecular weight excluding hydrogens is 500 g/mol. The van der Waals surface area contributed by atoms with Gasteiger partial charge in [-0.15, -0.1) is 0 Å². The number of para-hydroxylation sites is 2. The molecule has 1 saturated heterocycles. The van der Waals surface area contributed by atoms with Crippen molar-refractivity contribution in [2.45, 2.75) is 38.0 Å². The molecule has 2 aliphatic rings. The van der Waals surface area contributed by atoms with Crippen LogP contribution in [0, 0.1) is 0 Å². The fraction of sp³-hybridized carbons (Fsp3) is 0.324. The van der Waals surface area contributed by atoms with Crippen molar-refractivity contribution in [3.05, 3.63) is 107 Å². The first-order chi connectivity index (χ1) is 19.7. The summed E-state index contributed by atoms with van der Waals surface area (Å²) < 4.78 is 16.8. The van der Waals surface area contributed by atoms with Crippen LogP contribution in [0.2, 0.25) is 0 Å². The van der Waals surface area contributed by atoms with E-state index in [4.69, 9.17) is 14.2 Å². The molecule has 206 valence electrons. The van der Waals surface area contributed by atoms with Gasteiger partial charge in [0, 0.05) is 43.9 Å². The lowest BCUT2D eigenvalue weighted by Crippen LogP contribution is -2.46. The highest BCUT2D eigenvalue weighted by Crippen LogP contribution is 2.44. The van der Waals surface area contributed by atoms with Crippen LogP contribution in [0.4, 0.5) is 0 Å². The van der Waals surface area contributed by atoms with E-state index >= 15 is 0 Å². The molecule has 0 atom stereocenters. The number of fused-ring (bicyclic) bond motifs is 3. The number of hydrogen-bond acceptors (Lipinski definition) is 5. The van der Waals surface area contributed by atoms with Gasteiger partial charge in [-0.2, -0.15) is 0 Å². The van der Waals surface area contributed by atoms with E-state index in [1.807, 2.05) is 48.5 Å². The minimum atomic E-state index is -0.355. The van der Waals surface area contributed by atoms with Crippen LogP contribution in [0.25, 0.3) is 10.8 Å². The number of ether oxygens (including phenoxy) is 3. The first-order valence-corrected chi connectivity index (χ1v) is 14.1. The zero-order valence-corrected chi connectivity index (χ0v) is 23.0. The topological polar surface area (TPSA) is 60.0 Å². The summed E-state index contributed by atoms with van der Waals surface area (Å²) >= 11 is 0. The zero-order valence-electron chi connectivity index (χ0n) is 23.0. The maximum atomic E-state index is 13.6. The number of methoxy groups -OCH3 is 1. The molecule has 6 heteroatoms. The molecule has 6 rings (SSSR count). The Morgan fingerprint density at radius 3 is 2.20 bits per heavy atom. The standard InChI is InChI=1S/C34H36N2O4/c1-38-18-19-39-23-25-11-13-26-12-10-24(20-27(26)21-25)22-36-16-14-28(15-17-36)35-34(37)33-29-6-2-4-8-31(29)40-32-9-5-3-7-30(32)33/h2-13,20-21,28,33H,14-19,22-23H2,1H3,(H,35,37). The molecule has 0 radical (unpaired) electrons. The quantitative estimate of drug-likeness (QED) is 0.265. The summed E-state index contributed by atoms with van der Waals surface area (Å²) in [4.78, 5) is 16.1. The lowest BCUT2D eigenvalue weighted by Gasteiger charge is -2.34. The molecule has 1 N–H and O–H groups in total. The summed E-state index contributed by atoms with van der Waals surface area (Å²) in [7, 11) is 1.69. The van der Waals surface area contributed by atoms with E-state index in [0.717, 1.165) is 55.1 Å². The Labute approximate surface area is 235 Å². The fourth-order valence-electron chi connectivity index (χ4n) is 5.84. The van der Waals surface area contributed by atoms with Crippen LogP contribution < -0.4 is 10.1 Å². The maximum absolute atomic E-state index is 13.6. The third-order valence-corrected chi connectivity index (χ3v) is 7.95. The van der Waals surface area contributed by atoms with E-state index in [1.54, 1.807) is 7.11 Å². The first-order valence-electron chi connectivity index (χ1n) is 14.1. The van der Waals surface area contributed by atoms with E-state index in [-0.39, 0.29) is 17.9 Å². The minimum Gasteiger partial charge on any atom is -0.457 e. The Morgan fingerprint density at radius 1 is 0.850 bits per heavy atom. The van der Waals surface area contributed by atoms with Gasteiger partial charge in [-0.25, -0.2) is 0 Å². The number of likely N-dealkylation sites (tertiary alicyclic amines) is 1. The van der Waals surface area contributed by atoms with Crippen molar-refractivity contribution in [1.82, 2.24) is 10.2 Å². The molecule has 0 spiro atoms. The molecule has 0 aromatic heterocycles. The van der Waals surface area contributed by atoms with E-state index in [9.17, 15) is 4.79 Å². The number of carbonyl (C=O) groups is 1. The average Bonchev–Trinajstić information content (AvgIpc) is 2.99. The van der Waals surface area contributed by atoms with Gasteiger partial charge < -0.3 is 19.5 Å². The number of hydrogen-bond donors (Lipinski definition) is 1. The van der Waals surface area contributed by atoms with Crippen LogP contribution in [-0.4, -0.2) is 50.3 Å². The van der Waals surface area contributed by atoms with E-state index in [0.29, 0.717) is 19.8 Å². The molecule has 4 aromatic rings. The highest BCUT2D eigenvalue weighted by Gasteiger charge is 2.33. The molecule has 2 heterocycles. The van der Waals surface area contributed by atoms with Gasteiger partial charge in [0.2, 0.25) is 5.91 Å². The summed E-state index contributed by atoms with van der Waals surface area (Å²) in [6.07, 6.45) is 1.88. The molecule has 0 unspecified atom stereocenters. The maximum Gasteiger partial charge on any atom is 0.232 e. The van der Waals surface area contributed by atoms with Crippen molar-refractivity contribution >= 4 is 16.7 Å². The second-order valence-corrected chi connectivity index (χ2v) is 10.7. The van der Waals surface area contributed by atoms with Gasteiger partial charge in [0.05, 0.1) is 25.7 Å². The van der Waals surface area contributed by atoms with Crippen LogP contribution in [0.3, 0.4) is 0 Å². The van der Waals surface area contributed by atoms with Crippen molar-refractivity contribution in [1.29, 1.82) is 0 Å². The van der Waals surface area contributed by atoms with Gasteiger partial charge in [0.25, 0.3) is 0 Å². The predicted molar refractivity (Wildman–Crippen MR) is 157 cm³/mol. The Bertz CT molecular complexity index is 1430. The molecule has 1 amide bonds. The van der Waals surface area contributed by atoms with Gasteiger partial charge in [-0.05, 0) is 59.0 Å². The molecule has 0 aliphatic carbocycles. The predicted octanol–water partition coefficient (Wildman–Crippen LogP) is 6.02. The number of amides is 1. The molecule has 2 aliphatic heterocycles. The van der Waals surface area contributed by atoms with E-state index in [2.05, 4.69) is 46.6 Å². The SMILES string of the molecule is COCCOCc1ccc2ccc(CN3CCC(NC(=O)C4c5ccccc5Oc5ccccc54)CC3)cc2c1. The smallest absolute Gasteiger partial charge is 0.232 e. The lowest BCUT2D eigenvalue weighted by atomic mass is 9.87. The molecule has 6 nitrogen and oxygen atoms in total. The van der Waals surface area contributed by atoms with Crippen molar-refractivity contribution < 1.29 is 19.0 Å². The normalized spacial score (nSPS) is 15.8. The monoisotopic (exact) mass is 536 g/mol. The highest BCUT2D eigenvalue weighted by molar-refractivity contribution is 5.90. The van der Waals surface area contributed by atoms with Gasteiger partial charge in [-0.1, -0.05) is 60.7 Å². The highest BCUT2D eigenvalue weighted by atomic mass is 16.5. The summed E-state index contributed by atoms with van der Waals surface area (Å²) in [5, 5.41) is 5.85. The molecule has 40 heavy (non-hydrogen) atoms. The second kappa shape index (κ2) is 12.2. The average molecular weight is 537 g/mol. The minimum absolute atomic E-state index is 0.0539. The lowest BCUT2D eigenvalue weighted by molar-refractivity contribution is -0.122. The van der Waals surface area contributed by atoms with Crippen LogP contribution in [0.5, 0.6) is 11.5 Å². The number of piperidine rings is 1. The van der Waals surface area contributed by atoms with Crippen LogP contribution in [0.1, 0.15) is 41.0 Å². The van der Waals surface area contributed by atoms with Gasteiger partial charge >= 0.3 is 0 Å².